The van der Waals surface area contributed by atoms with E-state index in [-0.39, 0.29) is 17.5 Å². The molecule has 0 spiro atoms. The Morgan fingerprint density at radius 1 is 0.963 bits per heavy atom. The summed E-state index contributed by atoms with van der Waals surface area (Å²) in [6, 6.07) is 22.2. The van der Waals surface area contributed by atoms with Crippen molar-refractivity contribution in [3.8, 4) is 0 Å². The first-order valence-electron chi connectivity index (χ1n) is 8.84. The van der Waals surface area contributed by atoms with Crippen molar-refractivity contribution in [3.05, 3.63) is 95.8 Å². The topological polar surface area (TPSA) is 62.3 Å². The van der Waals surface area contributed by atoms with Crippen LogP contribution in [0.5, 0.6) is 0 Å². The number of nitrogens with one attached hydrogen (secondary N) is 1. The van der Waals surface area contributed by atoms with Crippen molar-refractivity contribution in [3.63, 3.8) is 0 Å². The summed E-state index contributed by atoms with van der Waals surface area (Å²) in [7, 11) is 0. The summed E-state index contributed by atoms with van der Waals surface area (Å²) in [6.07, 6.45) is 1.49. The van der Waals surface area contributed by atoms with Gasteiger partial charge in [0.25, 0.3) is 11.8 Å². The Morgan fingerprint density at radius 3 is 2.30 bits per heavy atom. The van der Waals surface area contributed by atoms with Crippen LogP contribution in [0, 0.1) is 0 Å². The van der Waals surface area contributed by atoms with Crippen molar-refractivity contribution in [1.82, 2.24) is 10.3 Å². The molecule has 0 atom stereocenters. The molecular formula is C22H21N3O2. The molecule has 0 saturated heterocycles. The fraction of sp³-hybridized carbons (Fsp3) is 0.136. The van der Waals surface area contributed by atoms with Gasteiger partial charge in [-0.3, -0.25) is 14.6 Å². The molecule has 0 unspecified atom stereocenters. The van der Waals surface area contributed by atoms with Crippen molar-refractivity contribution >= 4 is 17.5 Å². The van der Waals surface area contributed by atoms with E-state index in [1.54, 1.807) is 11.0 Å². The van der Waals surface area contributed by atoms with E-state index in [9.17, 15) is 9.59 Å². The van der Waals surface area contributed by atoms with E-state index in [0.29, 0.717) is 18.7 Å². The highest BCUT2D eigenvalue weighted by Gasteiger charge is 2.18. The highest BCUT2D eigenvalue weighted by Crippen LogP contribution is 2.16. The maximum absolute atomic E-state index is 12.9. The van der Waals surface area contributed by atoms with E-state index < -0.39 is 0 Å². The number of carbonyl (C=O) groups is 2. The molecular weight excluding hydrogens is 338 g/mol. The smallest absolute Gasteiger partial charge is 0.276 e. The van der Waals surface area contributed by atoms with Crippen molar-refractivity contribution in [2.24, 2.45) is 0 Å². The predicted molar refractivity (Wildman–Crippen MR) is 106 cm³/mol. The van der Waals surface area contributed by atoms with E-state index in [0.717, 1.165) is 11.3 Å². The standard InChI is InChI=1S/C22H21N3O2/c1-2-25(19-11-7-4-8-12-19)22(27)20-15-18(13-14-23-20)21(26)24-16-17-9-5-3-6-10-17/h3-15H,2,16H2,1H3,(H,24,26). The molecule has 2 aromatic carbocycles. The third-order valence-corrected chi connectivity index (χ3v) is 4.17. The van der Waals surface area contributed by atoms with Crippen LogP contribution in [0.4, 0.5) is 5.69 Å². The molecule has 1 aromatic heterocycles. The quantitative estimate of drug-likeness (QED) is 0.730. The minimum atomic E-state index is -0.238. The molecule has 3 rings (SSSR count). The third-order valence-electron chi connectivity index (χ3n) is 4.17. The van der Waals surface area contributed by atoms with Crippen molar-refractivity contribution in [1.29, 1.82) is 0 Å². The van der Waals surface area contributed by atoms with Gasteiger partial charge < -0.3 is 10.2 Å². The number of hydrogen-bond acceptors (Lipinski definition) is 3. The van der Waals surface area contributed by atoms with Crippen molar-refractivity contribution in [2.75, 3.05) is 11.4 Å². The number of nitrogens with zero attached hydrogens (tertiary/aromatic N) is 2. The third kappa shape index (κ3) is 4.58. The zero-order chi connectivity index (χ0) is 19.1. The average Bonchev–Trinajstić information content (AvgIpc) is 2.74. The number of benzene rings is 2. The molecule has 1 heterocycles. The Bertz CT molecular complexity index is 911. The molecule has 0 fully saturated rings. The van der Waals surface area contributed by atoms with Crippen LogP contribution in [-0.2, 0) is 6.54 Å². The van der Waals surface area contributed by atoms with E-state index >= 15 is 0 Å². The zero-order valence-corrected chi connectivity index (χ0v) is 15.1. The lowest BCUT2D eigenvalue weighted by atomic mass is 10.1. The Morgan fingerprint density at radius 2 is 1.63 bits per heavy atom. The molecule has 0 bridgehead atoms. The van der Waals surface area contributed by atoms with E-state index in [1.807, 2.05) is 67.6 Å². The zero-order valence-electron chi connectivity index (χ0n) is 15.1. The number of amides is 2. The van der Waals surface area contributed by atoms with Gasteiger partial charge in [-0.05, 0) is 36.8 Å². The van der Waals surface area contributed by atoms with Gasteiger partial charge in [-0.15, -0.1) is 0 Å². The fourth-order valence-electron chi connectivity index (χ4n) is 2.76. The number of pyridine rings is 1. The molecule has 2 amide bonds. The Labute approximate surface area is 158 Å². The maximum Gasteiger partial charge on any atom is 0.276 e. The van der Waals surface area contributed by atoms with Crippen LogP contribution in [0.25, 0.3) is 0 Å². The summed E-state index contributed by atoms with van der Waals surface area (Å²) in [5, 5.41) is 2.86. The van der Waals surface area contributed by atoms with Crippen LogP contribution in [-0.4, -0.2) is 23.3 Å². The number of anilines is 1. The summed E-state index contributed by atoms with van der Waals surface area (Å²) in [4.78, 5) is 31.1. The van der Waals surface area contributed by atoms with Gasteiger partial charge >= 0.3 is 0 Å². The minimum absolute atomic E-state index is 0.235. The lowest BCUT2D eigenvalue weighted by Gasteiger charge is -2.20. The van der Waals surface area contributed by atoms with Crippen LogP contribution in [0.15, 0.2) is 79.0 Å². The Balaban J connectivity index is 1.74. The summed E-state index contributed by atoms with van der Waals surface area (Å²) in [6.45, 7) is 2.84. The molecule has 3 aromatic rings. The molecule has 5 nitrogen and oxygen atoms in total. The lowest BCUT2D eigenvalue weighted by Crippen LogP contribution is -2.31. The van der Waals surface area contributed by atoms with Gasteiger partial charge in [-0.2, -0.15) is 0 Å². The van der Waals surface area contributed by atoms with Gasteiger partial charge in [0.15, 0.2) is 0 Å². The SMILES string of the molecule is CCN(C(=O)c1cc(C(=O)NCc2ccccc2)ccn1)c1ccccc1. The first-order chi connectivity index (χ1) is 13.2. The molecule has 136 valence electrons. The molecule has 0 aliphatic carbocycles. The fourth-order valence-corrected chi connectivity index (χ4v) is 2.76. The number of carbonyl (C=O) groups excluding carboxylic acids is 2. The maximum atomic E-state index is 12.9. The van der Waals surface area contributed by atoms with E-state index in [2.05, 4.69) is 10.3 Å². The monoisotopic (exact) mass is 359 g/mol. The second-order valence-corrected chi connectivity index (χ2v) is 5.98. The number of rotatable bonds is 6. The van der Waals surface area contributed by atoms with Gasteiger partial charge in [0.1, 0.15) is 5.69 Å². The number of para-hydroxylation sites is 1. The van der Waals surface area contributed by atoms with Gasteiger partial charge in [-0.25, -0.2) is 0 Å². The Hall–Kier alpha value is -3.47. The summed E-state index contributed by atoms with van der Waals surface area (Å²) < 4.78 is 0. The van der Waals surface area contributed by atoms with Crippen molar-refractivity contribution in [2.45, 2.75) is 13.5 Å². The van der Waals surface area contributed by atoms with Crippen LogP contribution in [0.1, 0.15) is 33.3 Å². The molecule has 1 N–H and O–H groups in total. The summed E-state index contributed by atoms with van der Waals surface area (Å²) in [5.41, 5.74) is 2.46. The minimum Gasteiger partial charge on any atom is -0.348 e. The van der Waals surface area contributed by atoms with Crippen molar-refractivity contribution < 1.29 is 9.59 Å². The molecule has 0 saturated carbocycles. The lowest BCUT2D eigenvalue weighted by molar-refractivity contribution is 0.0951. The van der Waals surface area contributed by atoms with Gasteiger partial charge in [-0.1, -0.05) is 48.5 Å². The second-order valence-electron chi connectivity index (χ2n) is 5.98. The molecule has 27 heavy (non-hydrogen) atoms. The van der Waals surface area contributed by atoms with Crippen LogP contribution < -0.4 is 10.2 Å². The predicted octanol–water partition coefficient (Wildman–Crippen LogP) is 3.68. The first-order valence-corrected chi connectivity index (χ1v) is 8.84. The normalized spacial score (nSPS) is 10.3. The van der Waals surface area contributed by atoms with Crippen LogP contribution in [0.3, 0.4) is 0 Å². The van der Waals surface area contributed by atoms with E-state index in [1.165, 1.54) is 12.3 Å². The van der Waals surface area contributed by atoms with Gasteiger partial charge in [0, 0.05) is 30.5 Å². The molecule has 0 aliphatic rings. The summed E-state index contributed by atoms with van der Waals surface area (Å²) >= 11 is 0. The van der Waals surface area contributed by atoms with Crippen LogP contribution in [0.2, 0.25) is 0 Å². The first kappa shape index (κ1) is 18.3. The average molecular weight is 359 g/mol. The van der Waals surface area contributed by atoms with Gasteiger partial charge in [0.05, 0.1) is 0 Å². The van der Waals surface area contributed by atoms with Gasteiger partial charge in [0.2, 0.25) is 0 Å². The highest BCUT2D eigenvalue weighted by molar-refractivity contribution is 6.06. The molecule has 0 radical (unpaired) electrons. The number of hydrogen-bond donors (Lipinski definition) is 1. The highest BCUT2D eigenvalue weighted by atomic mass is 16.2. The van der Waals surface area contributed by atoms with E-state index in [4.69, 9.17) is 0 Å². The summed E-state index contributed by atoms with van der Waals surface area (Å²) in [5.74, 6) is -0.473. The Kier molecular flexibility index (Phi) is 5.94. The largest absolute Gasteiger partial charge is 0.348 e. The molecule has 0 aliphatic heterocycles. The second kappa shape index (κ2) is 8.76. The number of aromatic nitrogens is 1. The van der Waals surface area contributed by atoms with Crippen LogP contribution >= 0.6 is 0 Å². The molecule has 5 heteroatoms.